The Hall–Kier alpha value is -2.82. The number of nitrogens with zero attached hydrogens (tertiary/aromatic N) is 1. The summed E-state index contributed by atoms with van der Waals surface area (Å²) < 4.78 is 5.48. The first-order valence-electron chi connectivity index (χ1n) is 8.43. The fourth-order valence-corrected chi connectivity index (χ4v) is 2.91. The first-order chi connectivity index (χ1) is 12.0. The molecule has 5 nitrogen and oxygen atoms in total. The number of fused-ring (bicyclic) bond motifs is 1. The van der Waals surface area contributed by atoms with Crippen LogP contribution in [0.1, 0.15) is 30.5 Å². The van der Waals surface area contributed by atoms with Crippen LogP contribution in [0.3, 0.4) is 0 Å². The summed E-state index contributed by atoms with van der Waals surface area (Å²) in [7, 11) is 0. The summed E-state index contributed by atoms with van der Waals surface area (Å²) in [6.07, 6.45) is 0.246. The van der Waals surface area contributed by atoms with Gasteiger partial charge in [0.2, 0.25) is 5.91 Å². The van der Waals surface area contributed by atoms with Gasteiger partial charge in [-0.1, -0.05) is 36.4 Å². The topological polar surface area (TPSA) is 58.6 Å². The van der Waals surface area contributed by atoms with Crippen molar-refractivity contribution in [3.63, 3.8) is 0 Å². The Morgan fingerprint density at radius 2 is 2.00 bits per heavy atom. The highest BCUT2D eigenvalue weighted by molar-refractivity contribution is 5.98. The van der Waals surface area contributed by atoms with E-state index < -0.39 is 0 Å². The zero-order valence-corrected chi connectivity index (χ0v) is 14.5. The normalized spacial score (nSPS) is 14.5. The number of nitrogens with one attached hydrogen (secondary N) is 1. The molecule has 0 aliphatic carbocycles. The van der Waals surface area contributed by atoms with Crippen molar-refractivity contribution in [2.24, 2.45) is 0 Å². The molecule has 2 amide bonds. The van der Waals surface area contributed by atoms with Crippen molar-refractivity contribution >= 4 is 17.5 Å². The van der Waals surface area contributed by atoms with E-state index in [1.807, 2.05) is 62.4 Å². The molecule has 1 N–H and O–H groups in total. The van der Waals surface area contributed by atoms with Crippen LogP contribution in [-0.4, -0.2) is 25.0 Å². The summed E-state index contributed by atoms with van der Waals surface area (Å²) in [5.74, 6) is 0.488. The molecule has 1 atom stereocenters. The van der Waals surface area contributed by atoms with E-state index in [9.17, 15) is 9.59 Å². The van der Waals surface area contributed by atoms with Gasteiger partial charge in [0.25, 0.3) is 5.91 Å². The van der Waals surface area contributed by atoms with Gasteiger partial charge in [-0.05, 0) is 37.1 Å². The van der Waals surface area contributed by atoms with Gasteiger partial charge in [0, 0.05) is 13.0 Å². The van der Waals surface area contributed by atoms with Gasteiger partial charge in [0.05, 0.1) is 11.7 Å². The molecule has 0 bridgehead atoms. The molecule has 0 spiro atoms. The van der Waals surface area contributed by atoms with Crippen LogP contribution in [0.5, 0.6) is 5.75 Å². The minimum absolute atomic E-state index is 0.0124. The van der Waals surface area contributed by atoms with Crippen LogP contribution < -0.4 is 15.0 Å². The molecular formula is C20H22N2O3. The van der Waals surface area contributed by atoms with Gasteiger partial charge in [0.1, 0.15) is 5.75 Å². The molecule has 3 rings (SSSR count). The van der Waals surface area contributed by atoms with E-state index in [2.05, 4.69) is 5.32 Å². The third kappa shape index (κ3) is 3.99. The quantitative estimate of drug-likeness (QED) is 0.912. The number of hydrogen-bond donors (Lipinski definition) is 1. The molecule has 1 aliphatic rings. The lowest BCUT2D eigenvalue weighted by Crippen LogP contribution is -2.41. The fourth-order valence-electron chi connectivity index (χ4n) is 2.91. The number of aryl methyl sites for hydroxylation is 1. The second-order valence-electron chi connectivity index (χ2n) is 6.26. The van der Waals surface area contributed by atoms with Gasteiger partial charge in [-0.15, -0.1) is 0 Å². The maximum absolute atomic E-state index is 12.3. The summed E-state index contributed by atoms with van der Waals surface area (Å²) in [5, 5.41) is 2.98. The molecule has 0 fully saturated rings. The third-order valence-electron chi connectivity index (χ3n) is 4.30. The number of benzene rings is 2. The standard InChI is InChI=1S/C20H22N2O3/c1-14-8-9-17-18(12-14)25-13-20(24)22(17)11-10-19(23)21-15(2)16-6-4-3-5-7-16/h3-9,12,15H,10-11,13H2,1-2H3,(H,21,23). The maximum Gasteiger partial charge on any atom is 0.265 e. The second-order valence-corrected chi connectivity index (χ2v) is 6.26. The predicted molar refractivity (Wildman–Crippen MR) is 96.6 cm³/mol. The summed E-state index contributed by atoms with van der Waals surface area (Å²) in [5.41, 5.74) is 2.85. The third-order valence-corrected chi connectivity index (χ3v) is 4.30. The Morgan fingerprint density at radius 3 is 2.76 bits per heavy atom. The van der Waals surface area contributed by atoms with E-state index in [0.29, 0.717) is 12.3 Å². The van der Waals surface area contributed by atoms with Crippen LogP contribution in [0, 0.1) is 6.92 Å². The number of carbonyl (C=O) groups is 2. The highest BCUT2D eigenvalue weighted by atomic mass is 16.5. The Balaban J connectivity index is 1.61. The molecule has 130 valence electrons. The van der Waals surface area contributed by atoms with Crippen molar-refractivity contribution in [3.8, 4) is 5.75 Å². The highest BCUT2D eigenvalue weighted by Crippen LogP contribution is 2.32. The van der Waals surface area contributed by atoms with Gasteiger partial charge in [-0.3, -0.25) is 9.59 Å². The van der Waals surface area contributed by atoms with Gasteiger partial charge >= 0.3 is 0 Å². The Morgan fingerprint density at radius 1 is 1.24 bits per heavy atom. The zero-order chi connectivity index (χ0) is 17.8. The molecule has 25 heavy (non-hydrogen) atoms. The van der Waals surface area contributed by atoms with Crippen molar-refractivity contribution in [1.29, 1.82) is 0 Å². The Kier molecular flexibility index (Phi) is 5.03. The fraction of sp³-hybridized carbons (Fsp3) is 0.300. The average Bonchev–Trinajstić information content (AvgIpc) is 2.61. The van der Waals surface area contributed by atoms with Crippen LogP contribution in [0.25, 0.3) is 0 Å². The molecule has 1 heterocycles. The molecule has 2 aromatic rings. The van der Waals surface area contributed by atoms with Crippen LogP contribution in [0.15, 0.2) is 48.5 Å². The first kappa shape index (κ1) is 17.0. The number of amides is 2. The van der Waals surface area contributed by atoms with Crippen molar-refractivity contribution in [1.82, 2.24) is 5.32 Å². The SMILES string of the molecule is Cc1ccc2c(c1)OCC(=O)N2CCC(=O)NC(C)c1ccccc1. The Labute approximate surface area is 147 Å². The van der Waals surface area contributed by atoms with Gasteiger partial charge in [-0.2, -0.15) is 0 Å². The molecule has 2 aromatic carbocycles. The zero-order valence-electron chi connectivity index (χ0n) is 14.5. The second kappa shape index (κ2) is 7.38. The molecule has 1 unspecified atom stereocenters. The molecule has 1 aliphatic heterocycles. The van der Waals surface area contributed by atoms with Crippen molar-refractivity contribution in [3.05, 3.63) is 59.7 Å². The van der Waals surface area contributed by atoms with Crippen molar-refractivity contribution < 1.29 is 14.3 Å². The molecule has 0 saturated carbocycles. The molecule has 0 aromatic heterocycles. The van der Waals surface area contributed by atoms with Crippen molar-refractivity contribution in [2.75, 3.05) is 18.1 Å². The number of carbonyl (C=O) groups excluding carboxylic acids is 2. The lowest BCUT2D eigenvalue weighted by atomic mass is 10.1. The summed E-state index contributed by atoms with van der Waals surface area (Å²) >= 11 is 0. The van der Waals surface area contributed by atoms with Crippen LogP contribution in [0.2, 0.25) is 0 Å². The van der Waals surface area contributed by atoms with Gasteiger partial charge in [-0.25, -0.2) is 0 Å². The van der Waals surface area contributed by atoms with Gasteiger partial charge in [0.15, 0.2) is 6.61 Å². The molecular weight excluding hydrogens is 316 g/mol. The maximum atomic E-state index is 12.3. The van der Waals surface area contributed by atoms with E-state index in [1.165, 1.54) is 0 Å². The van der Waals surface area contributed by atoms with Crippen molar-refractivity contribution in [2.45, 2.75) is 26.3 Å². The van der Waals surface area contributed by atoms with Gasteiger partial charge < -0.3 is 15.0 Å². The predicted octanol–water partition coefficient (Wildman–Crippen LogP) is 2.99. The highest BCUT2D eigenvalue weighted by Gasteiger charge is 2.26. The van der Waals surface area contributed by atoms with E-state index in [0.717, 1.165) is 16.8 Å². The molecule has 0 saturated heterocycles. The smallest absolute Gasteiger partial charge is 0.265 e. The monoisotopic (exact) mass is 338 g/mol. The summed E-state index contributed by atoms with van der Waals surface area (Å²) in [6.45, 7) is 4.28. The van der Waals surface area contributed by atoms with E-state index in [4.69, 9.17) is 4.74 Å². The number of rotatable bonds is 5. The lowest BCUT2D eigenvalue weighted by Gasteiger charge is -2.29. The van der Waals surface area contributed by atoms with Crippen LogP contribution in [-0.2, 0) is 9.59 Å². The number of hydrogen-bond acceptors (Lipinski definition) is 3. The van der Waals surface area contributed by atoms with E-state index in [1.54, 1.807) is 4.90 Å². The lowest BCUT2D eigenvalue weighted by molar-refractivity contribution is -0.122. The number of ether oxygens (including phenoxy) is 1. The van der Waals surface area contributed by atoms with E-state index >= 15 is 0 Å². The Bertz CT molecular complexity index is 774. The van der Waals surface area contributed by atoms with Crippen LogP contribution >= 0.6 is 0 Å². The largest absolute Gasteiger partial charge is 0.482 e. The average molecular weight is 338 g/mol. The minimum Gasteiger partial charge on any atom is -0.482 e. The van der Waals surface area contributed by atoms with E-state index in [-0.39, 0.29) is 30.9 Å². The van der Waals surface area contributed by atoms with Crippen LogP contribution in [0.4, 0.5) is 5.69 Å². The molecule has 5 heteroatoms. The first-order valence-corrected chi connectivity index (χ1v) is 8.43. The number of anilines is 1. The minimum atomic E-state index is -0.125. The summed E-state index contributed by atoms with van der Waals surface area (Å²) in [6, 6.07) is 15.4. The summed E-state index contributed by atoms with van der Waals surface area (Å²) in [4.78, 5) is 26.1. The molecule has 0 radical (unpaired) electrons.